The van der Waals surface area contributed by atoms with Crippen LogP contribution in [-0.4, -0.2) is 26.2 Å². The van der Waals surface area contributed by atoms with E-state index >= 15 is 0 Å². The molecule has 0 aliphatic heterocycles. The normalized spacial score (nSPS) is 10.2. The fourth-order valence-corrected chi connectivity index (χ4v) is 2.70. The fourth-order valence-electron chi connectivity index (χ4n) is 1.22. The molecule has 0 saturated heterocycles. The van der Waals surface area contributed by atoms with Gasteiger partial charge in [-0.1, -0.05) is 23.1 Å². The van der Waals surface area contributed by atoms with E-state index in [1.54, 1.807) is 5.51 Å². The molecule has 18 heavy (non-hydrogen) atoms. The van der Waals surface area contributed by atoms with Gasteiger partial charge in [0.2, 0.25) is 0 Å². The number of aromatic carboxylic acids is 1. The Bertz CT molecular complexity index is 600. The van der Waals surface area contributed by atoms with Crippen LogP contribution in [0.3, 0.4) is 0 Å². The van der Waals surface area contributed by atoms with Gasteiger partial charge in [0.05, 0.1) is 4.92 Å². The minimum Gasteiger partial charge on any atom is -0.477 e. The number of carboxylic acid groups (broad SMARTS) is 1. The Morgan fingerprint density at radius 3 is 2.83 bits per heavy atom. The van der Waals surface area contributed by atoms with Gasteiger partial charge in [0.1, 0.15) is 11.1 Å². The fraction of sp³-hybridized carbons (Fsp3) is 0. The van der Waals surface area contributed by atoms with Crippen molar-refractivity contribution in [3.63, 3.8) is 0 Å². The van der Waals surface area contributed by atoms with E-state index in [1.165, 1.54) is 41.3 Å². The van der Waals surface area contributed by atoms with Gasteiger partial charge in [-0.25, -0.2) is 4.79 Å². The van der Waals surface area contributed by atoms with Crippen molar-refractivity contribution in [2.45, 2.75) is 9.24 Å². The molecule has 0 unspecified atom stereocenters. The zero-order chi connectivity index (χ0) is 13.1. The van der Waals surface area contributed by atoms with E-state index in [4.69, 9.17) is 5.11 Å². The summed E-state index contributed by atoms with van der Waals surface area (Å²) in [5.41, 5.74) is 0.779. The Hall–Kier alpha value is -2.00. The lowest BCUT2D eigenvalue weighted by Gasteiger charge is -2.00. The average Bonchev–Trinajstić information content (AvgIpc) is 2.81. The first-order valence-electron chi connectivity index (χ1n) is 4.53. The second-order valence-corrected chi connectivity index (χ2v) is 5.20. The van der Waals surface area contributed by atoms with Crippen LogP contribution in [0.2, 0.25) is 0 Å². The van der Waals surface area contributed by atoms with Gasteiger partial charge in [0, 0.05) is 11.0 Å². The highest BCUT2D eigenvalue weighted by Gasteiger charge is 2.20. The van der Waals surface area contributed by atoms with Crippen molar-refractivity contribution in [1.82, 2.24) is 10.2 Å². The van der Waals surface area contributed by atoms with Gasteiger partial charge in [-0.15, -0.1) is 10.2 Å². The molecule has 0 aliphatic rings. The summed E-state index contributed by atoms with van der Waals surface area (Å²) in [4.78, 5) is 21.4. The van der Waals surface area contributed by atoms with E-state index < -0.39 is 16.6 Å². The number of benzene rings is 1. The van der Waals surface area contributed by atoms with E-state index in [1.807, 2.05) is 0 Å². The monoisotopic (exact) mass is 283 g/mol. The van der Waals surface area contributed by atoms with Crippen molar-refractivity contribution in [2.24, 2.45) is 0 Å². The number of rotatable bonds is 4. The topological polar surface area (TPSA) is 106 Å². The van der Waals surface area contributed by atoms with Crippen molar-refractivity contribution in [1.29, 1.82) is 0 Å². The zero-order valence-corrected chi connectivity index (χ0v) is 10.3. The van der Waals surface area contributed by atoms with Gasteiger partial charge >= 0.3 is 5.97 Å². The molecule has 0 saturated carbocycles. The molecule has 0 amide bonds. The predicted molar refractivity (Wildman–Crippen MR) is 64.1 cm³/mol. The summed E-state index contributed by atoms with van der Waals surface area (Å²) in [6.45, 7) is 0. The molecular weight excluding hydrogens is 278 g/mol. The van der Waals surface area contributed by atoms with E-state index in [0.29, 0.717) is 9.24 Å². The van der Waals surface area contributed by atoms with Gasteiger partial charge in [-0.2, -0.15) is 0 Å². The highest BCUT2D eigenvalue weighted by Crippen LogP contribution is 2.32. The van der Waals surface area contributed by atoms with Crippen LogP contribution in [0.1, 0.15) is 10.4 Å². The first-order valence-corrected chi connectivity index (χ1v) is 6.23. The summed E-state index contributed by atoms with van der Waals surface area (Å²) in [5.74, 6) is -1.32. The van der Waals surface area contributed by atoms with Crippen molar-refractivity contribution in [3.8, 4) is 0 Å². The highest BCUT2D eigenvalue weighted by atomic mass is 32.2. The quantitative estimate of drug-likeness (QED) is 0.677. The van der Waals surface area contributed by atoms with Crippen molar-refractivity contribution in [3.05, 3.63) is 39.4 Å². The zero-order valence-electron chi connectivity index (χ0n) is 8.64. The molecule has 1 N–H and O–H groups in total. The highest BCUT2D eigenvalue weighted by molar-refractivity contribution is 8.01. The standard InChI is InChI=1S/C9H5N3O4S2/c13-8(14)6-2-1-5(3-7(6)12(15)16)18-9-11-10-4-17-9/h1-4H,(H,13,14). The Kier molecular flexibility index (Phi) is 3.53. The first-order chi connectivity index (χ1) is 8.58. The van der Waals surface area contributed by atoms with Crippen molar-refractivity contribution >= 4 is 34.8 Å². The molecule has 9 heteroatoms. The first kappa shape index (κ1) is 12.5. The van der Waals surface area contributed by atoms with Crippen LogP contribution in [0.5, 0.6) is 0 Å². The molecule has 2 rings (SSSR count). The van der Waals surface area contributed by atoms with E-state index in [0.717, 1.165) is 0 Å². The minimum atomic E-state index is -1.32. The maximum absolute atomic E-state index is 10.8. The van der Waals surface area contributed by atoms with Crippen LogP contribution in [-0.2, 0) is 0 Å². The molecule has 1 heterocycles. The van der Waals surface area contributed by atoms with Crippen LogP contribution in [0, 0.1) is 10.1 Å². The molecule has 7 nitrogen and oxygen atoms in total. The number of nitro groups is 1. The number of carbonyl (C=O) groups is 1. The van der Waals surface area contributed by atoms with Gasteiger partial charge in [0.15, 0.2) is 4.34 Å². The van der Waals surface area contributed by atoms with Gasteiger partial charge in [-0.3, -0.25) is 10.1 Å². The third-order valence-electron chi connectivity index (χ3n) is 1.94. The van der Waals surface area contributed by atoms with Crippen LogP contribution in [0.4, 0.5) is 5.69 Å². The molecule has 2 aromatic rings. The van der Waals surface area contributed by atoms with Gasteiger partial charge < -0.3 is 5.11 Å². The molecule has 92 valence electrons. The second-order valence-electron chi connectivity index (χ2n) is 3.05. The summed E-state index contributed by atoms with van der Waals surface area (Å²) in [7, 11) is 0. The average molecular weight is 283 g/mol. The number of nitro benzene ring substituents is 1. The van der Waals surface area contributed by atoms with Crippen LogP contribution in [0.25, 0.3) is 0 Å². The Morgan fingerprint density at radius 1 is 1.50 bits per heavy atom. The lowest BCUT2D eigenvalue weighted by molar-refractivity contribution is -0.385. The number of hydrogen-bond donors (Lipinski definition) is 1. The molecule has 0 aliphatic carbocycles. The lowest BCUT2D eigenvalue weighted by atomic mass is 10.2. The van der Waals surface area contributed by atoms with Crippen molar-refractivity contribution < 1.29 is 14.8 Å². The number of aromatic nitrogens is 2. The Labute approximate surface area is 109 Å². The van der Waals surface area contributed by atoms with E-state index in [9.17, 15) is 14.9 Å². The van der Waals surface area contributed by atoms with Crippen LogP contribution >= 0.6 is 23.1 Å². The number of carboxylic acids is 1. The van der Waals surface area contributed by atoms with Crippen molar-refractivity contribution in [2.75, 3.05) is 0 Å². The summed E-state index contributed by atoms with van der Waals surface area (Å²) in [6.07, 6.45) is 0. The number of hydrogen-bond acceptors (Lipinski definition) is 7. The molecule has 0 bridgehead atoms. The third kappa shape index (κ3) is 2.63. The lowest BCUT2D eigenvalue weighted by Crippen LogP contribution is -2.02. The SMILES string of the molecule is O=C(O)c1ccc(Sc2nncs2)cc1[N+](=O)[O-]. The Balaban J connectivity index is 2.37. The summed E-state index contributed by atoms with van der Waals surface area (Å²) in [6, 6.07) is 3.93. The maximum atomic E-state index is 10.8. The summed E-state index contributed by atoms with van der Waals surface area (Å²) >= 11 is 2.49. The van der Waals surface area contributed by atoms with Gasteiger partial charge in [0.25, 0.3) is 5.69 Å². The smallest absolute Gasteiger partial charge is 0.342 e. The largest absolute Gasteiger partial charge is 0.477 e. The Morgan fingerprint density at radius 2 is 2.28 bits per heavy atom. The number of nitrogens with zero attached hydrogens (tertiary/aromatic N) is 3. The molecular formula is C9H5N3O4S2. The van der Waals surface area contributed by atoms with Crippen LogP contribution in [0.15, 0.2) is 32.9 Å². The molecule has 0 radical (unpaired) electrons. The molecule has 0 atom stereocenters. The summed E-state index contributed by atoms with van der Waals surface area (Å²) in [5, 5.41) is 27.0. The maximum Gasteiger partial charge on any atom is 0.342 e. The molecule has 1 aromatic carbocycles. The third-order valence-corrected chi connectivity index (χ3v) is 3.71. The minimum absolute atomic E-state index is 0.332. The van der Waals surface area contributed by atoms with E-state index in [-0.39, 0.29) is 5.56 Å². The molecule has 0 fully saturated rings. The van der Waals surface area contributed by atoms with Crippen LogP contribution < -0.4 is 0 Å². The second kappa shape index (κ2) is 5.10. The van der Waals surface area contributed by atoms with E-state index in [2.05, 4.69) is 10.2 Å². The molecule has 1 aromatic heterocycles. The van der Waals surface area contributed by atoms with Gasteiger partial charge in [-0.05, 0) is 12.1 Å². The molecule has 0 spiro atoms. The predicted octanol–water partition coefficient (Wildman–Crippen LogP) is 2.30. The summed E-state index contributed by atoms with van der Waals surface area (Å²) < 4.78 is 0.632.